The van der Waals surface area contributed by atoms with Crippen molar-refractivity contribution in [3.05, 3.63) is 71.0 Å². The molecule has 2 aliphatic carbocycles. The Morgan fingerprint density at radius 2 is 1.86 bits per heavy atom. The molecule has 2 bridgehead atoms. The second-order valence-electron chi connectivity index (χ2n) is 11.4. The Balaban J connectivity index is 1.31. The van der Waals surface area contributed by atoms with Gasteiger partial charge < -0.3 is 39.2 Å². The predicted octanol–water partition coefficient (Wildman–Crippen LogP) is 1.90. The van der Waals surface area contributed by atoms with Gasteiger partial charge in [-0.1, -0.05) is 36.4 Å². The van der Waals surface area contributed by atoms with E-state index in [0.717, 1.165) is 18.1 Å². The van der Waals surface area contributed by atoms with Crippen LogP contribution in [-0.4, -0.2) is 81.5 Å². The second kappa shape index (κ2) is 10.4. The number of aliphatic hydroxyl groups is 1. The van der Waals surface area contributed by atoms with E-state index in [-0.39, 0.29) is 35.3 Å². The summed E-state index contributed by atoms with van der Waals surface area (Å²) in [6.07, 6.45) is -2.38. The number of phenols is 1. The Labute approximate surface area is 246 Å². The van der Waals surface area contributed by atoms with Crippen LogP contribution in [0.4, 0.5) is 0 Å². The highest BCUT2D eigenvalue weighted by molar-refractivity contribution is 5.85. The molecule has 6 rings (SSSR count). The number of carbonyl (C=O) groups excluding carboxylic acids is 3. The van der Waals surface area contributed by atoms with Crippen LogP contribution in [0.1, 0.15) is 49.0 Å². The molecule has 1 spiro atoms. The third-order valence-corrected chi connectivity index (χ3v) is 9.07. The zero-order valence-corrected chi connectivity index (χ0v) is 23.5. The normalized spacial score (nSPS) is 27.9. The Bertz CT molecular complexity index is 1540. The lowest BCUT2D eigenvalue weighted by molar-refractivity contribution is -0.178. The van der Waals surface area contributed by atoms with Gasteiger partial charge in [-0.05, 0) is 44.1 Å². The number of ether oxygens (including phenoxy) is 4. The Kier molecular flexibility index (Phi) is 6.93. The van der Waals surface area contributed by atoms with E-state index in [2.05, 4.69) is 4.90 Å². The van der Waals surface area contributed by atoms with Gasteiger partial charge in [0.1, 0.15) is 5.76 Å². The van der Waals surface area contributed by atoms with E-state index in [4.69, 9.17) is 18.9 Å². The van der Waals surface area contributed by atoms with Crippen molar-refractivity contribution >= 4 is 23.9 Å². The Morgan fingerprint density at radius 1 is 1.12 bits per heavy atom. The number of likely N-dealkylation sites (tertiary alicyclic amines) is 1. The van der Waals surface area contributed by atoms with Crippen LogP contribution in [0.3, 0.4) is 0 Å². The number of aromatic hydroxyl groups is 1. The van der Waals surface area contributed by atoms with Crippen LogP contribution in [0.2, 0.25) is 0 Å². The fourth-order valence-electron chi connectivity index (χ4n) is 7.20. The maximum atomic E-state index is 13.7. The summed E-state index contributed by atoms with van der Waals surface area (Å²) in [4.78, 5) is 51.4. The summed E-state index contributed by atoms with van der Waals surface area (Å²) in [6, 6.07) is 11.2. The van der Waals surface area contributed by atoms with Gasteiger partial charge in [0, 0.05) is 30.5 Å². The van der Waals surface area contributed by atoms with Gasteiger partial charge in [-0.3, -0.25) is 9.59 Å². The molecule has 0 aromatic heterocycles. The van der Waals surface area contributed by atoms with Gasteiger partial charge in [-0.15, -0.1) is 0 Å². The van der Waals surface area contributed by atoms with E-state index in [1.807, 2.05) is 13.1 Å². The summed E-state index contributed by atoms with van der Waals surface area (Å²) in [5.74, 6) is -4.23. The van der Waals surface area contributed by atoms with Crippen molar-refractivity contribution in [3.63, 3.8) is 0 Å². The lowest BCUT2D eigenvalue weighted by Gasteiger charge is -2.61. The molecule has 0 unspecified atom stereocenters. The summed E-state index contributed by atoms with van der Waals surface area (Å²) in [5, 5.41) is 32.4. The number of carbonyl (C=O) groups is 4. The van der Waals surface area contributed by atoms with Crippen LogP contribution in [0, 0.1) is 0 Å². The molecule has 226 valence electrons. The van der Waals surface area contributed by atoms with Crippen molar-refractivity contribution in [2.75, 3.05) is 13.6 Å². The number of esters is 3. The number of carboxylic acids is 1. The summed E-state index contributed by atoms with van der Waals surface area (Å²) in [7, 11) is 1.96. The maximum absolute atomic E-state index is 13.7. The van der Waals surface area contributed by atoms with Gasteiger partial charge in [0.15, 0.2) is 17.6 Å². The molecule has 2 aromatic carbocycles. The summed E-state index contributed by atoms with van der Waals surface area (Å²) in [6.45, 7) is 1.65. The molecule has 0 amide bonds. The molecule has 12 nitrogen and oxygen atoms in total. The van der Waals surface area contributed by atoms with Crippen molar-refractivity contribution in [2.24, 2.45) is 0 Å². The highest BCUT2D eigenvalue weighted by Crippen LogP contribution is 2.65. The van der Waals surface area contributed by atoms with Crippen LogP contribution < -0.4 is 4.74 Å². The van der Waals surface area contributed by atoms with E-state index < -0.39 is 59.6 Å². The molecule has 0 saturated carbocycles. The average molecular weight is 594 g/mol. The predicted molar refractivity (Wildman–Crippen MR) is 146 cm³/mol. The van der Waals surface area contributed by atoms with E-state index in [1.165, 1.54) is 0 Å². The molecule has 0 radical (unpaired) electrons. The molecule has 2 heterocycles. The topological polar surface area (TPSA) is 169 Å². The van der Waals surface area contributed by atoms with Crippen LogP contribution in [0.5, 0.6) is 11.5 Å². The number of carboxylic acid groups (broad SMARTS) is 1. The monoisotopic (exact) mass is 593 g/mol. The minimum absolute atomic E-state index is 0.0789. The first-order valence-electron chi connectivity index (χ1n) is 14.0. The number of nitrogens with zero attached hydrogens (tertiary/aromatic N) is 1. The van der Waals surface area contributed by atoms with Gasteiger partial charge in [0.2, 0.25) is 12.2 Å². The number of likely N-dealkylation sites (N-methyl/N-ethyl adjacent to an activating group) is 1. The van der Waals surface area contributed by atoms with Crippen molar-refractivity contribution in [2.45, 2.75) is 68.0 Å². The van der Waals surface area contributed by atoms with Crippen LogP contribution in [-0.2, 0) is 45.2 Å². The highest BCUT2D eigenvalue weighted by atomic mass is 16.6. The smallest absolute Gasteiger partial charge is 0.357 e. The molecule has 12 heteroatoms. The first-order chi connectivity index (χ1) is 20.5. The van der Waals surface area contributed by atoms with E-state index in [1.54, 1.807) is 42.5 Å². The molecule has 6 atom stereocenters. The molecule has 2 aromatic rings. The SMILES string of the molecule is CC(=O)O[C@@H](CC(=O)O[C@H](C(=O)OC1=CC[C@@]2(O)[C@@H]3Cc4ccc(O)c5c4[C@@]2(CCN3C)[C@H]1O5)c1ccccc1)C(=O)O. The number of hydrogen-bond donors (Lipinski definition) is 3. The summed E-state index contributed by atoms with van der Waals surface area (Å²) in [5.41, 5.74) is -0.323. The fourth-order valence-corrected chi connectivity index (χ4v) is 7.20. The van der Waals surface area contributed by atoms with Crippen LogP contribution in [0.25, 0.3) is 0 Å². The minimum Gasteiger partial charge on any atom is -0.504 e. The molecule has 3 N–H and O–H groups in total. The third kappa shape index (κ3) is 4.43. The van der Waals surface area contributed by atoms with Gasteiger partial charge in [0.05, 0.1) is 17.4 Å². The first kappa shape index (κ1) is 28.7. The molecule has 1 fully saturated rings. The third-order valence-electron chi connectivity index (χ3n) is 9.07. The van der Waals surface area contributed by atoms with E-state index in [0.29, 0.717) is 19.4 Å². The fraction of sp³-hybridized carbons (Fsp3) is 0.419. The van der Waals surface area contributed by atoms with Crippen LogP contribution in [0.15, 0.2) is 54.3 Å². The van der Waals surface area contributed by atoms with Crippen molar-refractivity contribution in [1.82, 2.24) is 4.90 Å². The number of rotatable bonds is 8. The highest BCUT2D eigenvalue weighted by Gasteiger charge is 2.72. The molecule has 1 saturated heterocycles. The molecular weight excluding hydrogens is 562 g/mol. The van der Waals surface area contributed by atoms with Crippen LogP contribution >= 0.6 is 0 Å². The van der Waals surface area contributed by atoms with Crippen molar-refractivity contribution in [3.8, 4) is 11.5 Å². The molecule has 43 heavy (non-hydrogen) atoms. The lowest BCUT2D eigenvalue weighted by atomic mass is 9.50. The number of hydrogen-bond acceptors (Lipinski definition) is 11. The zero-order valence-electron chi connectivity index (χ0n) is 23.5. The van der Waals surface area contributed by atoms with Crippen molar-refractivity contribution in [1.29, 1.82) is 0 Å². The minimum atomic E-state index is -1.80. The number of phenolic OH excluding ortho intramolecular Hbond substituents is 1. The first-order valence-corrected chi connectivity index (χ1v) is 14.0. The quantitative estimate of drug-likeness (QED) is 0.301. The molecule has 4 aliphatic rings. The molecule has 2 aliphatic heterocycles. The lowest BCUT2D eigenvalue weighted by Crippen LogP contribution is -2.74. The molecular formula is C31H31NO11. The number of piperidine rings is 1. The van der Waals surface area contributed by atoms with E-state index >= 15 is 0 Å². The number of aliphatic carboxylic acids is 1. The summed E-state index contributed by atoms with van der Waals surface area (Å²) < 4.78 is 22.3. The maximum Gasteiger partial charge on any atom is 0.357 e. The standard InChI is InChI=1S/C31H31NO11/c1-16(33)40-21(28(36)37)15-23(35)42-25(17-6-4-3-5-7-17)29(38)41-20-10-11-31(39)22-14-18-8-9-19(34)26-24(18)30(31,27(20)43-26)12-13-32(22)2/h3-10,21-22,25,27,34,39H,11-15H2,1-2H3,(H,36,37)/t21-,22-,25-,27-,30-,31+/m0/s1. The van der Waals surface area contributed by atoms with Gasteiger partial charge >= 0.3 is 23.9 Å². The zero-order chi connectivity index (χ0) is 30.7. The Morgan fingerprint density at radius 3 is 2.56 bits per heavy atom. The van der Waals surface area contributed by atoms with Gasteiger partial charge in [-0.25, -0.2) is 9.59 Å². The number of benzene rings is 2. The average Bonchev–Trinajstić information content (AvgIpc) is 3.32. The van der Waals surface area contributed by atoms with E-state index in [9.17, 15) is 34.5 Å². The summed E-state index contributed by atoms with van der Waals surface area (Å²) >= 11 is 0. The largest absolute Gasteiger partial charge is 0.504 e. The Hall–Kier alpha value is -4.42. The van der Waals surface area contributed by atoms with Gasteiger partial charge in [0.25, 0.3) is 0 Å². The van der Waals surface area contributed by atoms with Crippen molar-refractivity contribution < 1.29 is 53.4 Å². The van der Waals surface area contributed by atoms with Gasteiger partial charge in [-0.2, -0.15) is 0 Å². The second-order valence-corrected chi connectivity index (χ2v) is 11.4.